The van der Waals surface area contributed by atoms with Gasteiger partial charge in [-0.05, 0) is 43.3 Å². The summed E-state index contributed by atoms with van der Waals surface area (Å²) in [5, 5.41) is 20.9. The first-order chi connectivity index (χ1) is 14.4. The highest BCUT2D eigenvalue weighted by molar-refractivity contribution is 6.06. The Labute approximate surface area is 171 Å². The summed E-state index contributed by atoms with van der Waals surface area (Å²) >= 11 is 0. The molecule has 0 radical (unpaired) electrons. The van der Waals surface area contributed by atoms with Crippen LogP contribution in [0.5, 0.6) is 0 Å². The van der Waals surface area contributed by atoms with Crippen LogP contribution >= 0.6 is 0 Å². The van der Waals surface area contributed by atoms with Crippen LogP contribution in [0.4, 0.5) is 4.39 Å². The third-order valence-corrected chi connectivity index (χ3v) is 4.30. The lowest BCUT2D eigenvalue weighted by Gasteiger charge is -2.07. The predicted molar refractivity (Wildman–Crippen MR) is 107 cm³/mol. The molecule has 1 heterocycles. The fourth-order valence-corrected chi connectivity index (χ4v) is 2.77. The summed E-state index contributed by atoms with van der Waals surface area (Å²) in [6, 6.07) is 16.2. The number of hydrogen-bond donors (Lipinski definition) is 1. The van der Waals surface area contributed by atoms with Crippen molar-refractivity contribution < 1.29 is 18.7 Å². The highest BCUT2D eigenvalue weighted by Gasteiger charge is 2.24. The Morgan fingerprint density at radius 1 is 1.20 bits per heavy atom. The minimum atomic E-state index is -1.26. The fourth-order valence-electron chi connectivity index (χ4n) is 2.77. The van der Waals surface area contributed by atoms with E-state index in [4.69, 9.17) is 15.4 Å². The monoisotopic (exact) mass is 404 g/mol. The van der Waals surface area contributed by atoms with Crippen molar-refractivity contribution in [3.05, 3.63) is 72.2 Å². The zero-order chi connectivity index (χ0) is 21.7. The van der Waals surface area contributed by atoms with Crippen LogP contribution in [-0.4, -0.2) is 33.9 Å². The van der Waals surface area contributed by atoms with E-state index in [1.54, 1.807) is 18.2 Å². The van der Waals surface area contributed by atoms with Gasteiger partial charge in [0.2, 0.25) is 0 Å². The molecule has 8 heteroatoms. The number of aromatic nitrogens is 2. The van der Waals surface area contributed by atoms with Crippen LogP contribution in [-0.2, 0) is 9.53 Å². The van der Waals surface area contributed by atoms with Crippen molar-refractivity contribution in [2.45, 2.75) is 6.92 Å². The molecule has 0 saturated heterocycles. The normalized spacial score (nSPS) is 11.4. The number of ether oxygens (including phenoxy) is 1. The molecule has 1 aromatic heterocycles. The number of carbonyl (C=O) groups excluding carboxylic acids is 2. The molecule has 0 amide bonds. The fraction of sp³-hybridized carbons (Fsp3) is 0.136. The quantitative estimate of drug-likeness (QED) is 0.478. The maximum atomic E-state index is 13.3. The van der Waals surface area contributed by atoms with Crippen LogP contribution < -0.4 is 0 Å². The first kappa shape index (κ1) is 20.6. The number of nitrogens with zero attached hydrogens (tertiary/aromatic N) is 3. The number of nitrogens with one attached hydrogen (secondary N) is 1. The molecule has 3 rings (SSSR count). The molecule has 0 bridgehead atoms. The smallest absolute Gasteiger partial charge is 0.342 e. The lowest BCUT2D eigenvalue weighted by Crippen LogP contribution is -2.25. The minimum absolute atomic E-state index is 0.0818. The van der Waals surface area contributed by atoms with E-state index < -0.39 is 30.1 Å². The molecule has 0 fully saturated rings. The number of esters is 1. The van der Waals surface area contributed by atoms with E-state index in [2.05, 4.69) is 5.10 Å². The molecule has 0 saturated carbocycles. The Bertz CT molecular complexity index is 1130. The van der Waals surface area contributed by atoms with E-state index >= 15 is 0 Å². The Kier molecular flexibility index (Phi) is 6.13. The molecule has 3 aromatic rings. The average molecular weight is 404 g/mol. The summed E-state index contributed by atoms with van der Waals surface area (Å²) in [6.45, 7) is 0.691. The van der Waals surface area contributed by atoms with Gasteiger partial charge in [0, 0.05) is 17.5 Å². The van der Waals surface area contributed by atoms with Crippen molar-refractivity contribution in [3.8, 4) is 23.0 Å². The molecular formula is C22H17FN4O3. The molecule has 30 heavy (non-hydrogen) atoms. The van der Waals surface area contributed by atoms with E-state index in [0.717, 1.165) is 0 Å². The van der Waals surface area contributed by atoms with E-state index in [1.165, 1.54) is 42.1 Å². The van der Waals surface area contributed by atoms with E-state index in [1.807, 2.05) is 18.2 Å². The predicted octanol–water partition coefficient (Wildman–Crippen LogP) is 3.58. The summed E-state index contributed by atoms with van der Waals surface area (Å²) in [6.07, 6.45) is 1.46. The number of nitriles is 1. The number of Topliss-reactive ketones (excluding diaryl/α,β-unsaturated/α-hetero) is 1. The largest absolute Gasteiger partial charge is 0.454 e. The summed E-state index contributed by atoms with van der Waals surface area (Å²) in [5.74, 6) is -3.19. The van der Waals surface area contributed by atoms with Crippen LogP contribution in [0.25, 0.3) is 16.9 Å². The first-order valence-electron chi connectivity index (χ1n) is 8.96. The number of ketones is 1. The standard InChI is InChI=1S/C22H17FN4O3/c1-14(25)18(11-24)20(28)13-30-22(29)19-12-27(17-5-3-2-4-6-17)26-21(19)15-7-9-16(23)10-8-15/h2-10,12,18,25H,13H2,1H3. The van der Waals surface area contributed by atoms with Gasteiger partial charge in [-0.1, -0.05) is 18.2 Å². The summed E-state index contributed by atoms with van der Waals surface area (Å²) in [7, 11) is 0. The topological polar surface area (TPSA) is 109 Å². The van der Waals surface area contributed by atoms with Crippen molar-refractivity contribution in [1.29, 1.82) is 10.7 Å². The van der Waals surface area contributed by atoms with Gasteiger partial charge in [-0.2, -0.15) is 10.4 Å². The molecule has 1 atom stereocenters. The van der Waals surface area contributed by atoms with Gasteiger partial charge in [0.1, 0.15) is 23.0 Å². The maximum absolute atomic E-state index is 13.3. The summed E-state index contributed by atoms with van der Waals surface area (Å²) in [5.41, 5.74) is 1.41. The molecule has 7 nitrogen and oxygen atoms in total. The zero-order valence-corrected chi connectivity index (χ0v) is 16.0. The molecule has 1 unspecified atom stereocenters. The lowest BCUT2D eigenvalue weighted by atomic mass is 10.0. The Morgan fingerprint density at radius 3 is 2.47 bits per heavy atom. The van der Waals surface area contributed by atoms with Crippen LogP contribution in [0.15, 0.2) is 60.8 Å². The lowest BCUT2D eigenvalue weighted by molar-refractivity contribution is -0.122. The average Bonchev–Trinajstić information content (AvgIpc) is 3.19. The van der Waals surface area contributed by atoms with Crippen molar-refractivity contribution in [2.24, 2.45) is 5.92 Å². The minimum Gasteiger partial charge on any atom is -0.454 e. The second-order valence-electron chi connectivity index (χ2n) is 6.47. The van der Waals surface area contributed by atoms with E-state index in [0.29, 0.717) is 11.3 Å². The van der Waals surface area contributed by atoms with Gasteiger partial charge in [0.15, 0.2) is 12.4 Å². The molecule has 0 spiro atoms. The first-order valence-corrected chi connectivity index (χ1v) is 8.96. The maximum Gasteiger partial charge on any atom is 0.342 e. The zero-order valence-electron chi connectivity index (χ0n) is 16.0. The Hall–Kier alpha value is -4.12. The van der Waals surface area contributed by atoms with Gasteiger partial charge in [0.25, 0.3) is 0 Å². The van der Waals surface area contributed by atoms with Crippen molar-refractivity contribution in [1.82, 2.24) is 9.78 Å². The molecule has 2 aromatic carbocycles. The Morgan fingerprint density at radius 2 is 1.87 bits per heavy atom. The SMILES string of the molecule is CC(=N)C(C#N)C(=O)COC(=O)c1cn(-c2ccccc2)nc1-c1ccc(F)cc1. The molecule has 150 valence electrons. The van der Waals surface area contributed by atoms with Crippen LogP contribution in [0.1, 0.15) is 17.3 Å². The molecule has 0 aliphatic rings. The number of carbonyl (C=O) groups is 2. The highest BCUT2D eigenvalue weighted by atomic mass is 19.1. The Balaban J connectivity index is 1.92. The number of para-hydroxylation sites is 1. The van der Waals surface area contributed by atoms with Gasteiger partial charge >= 0.3 is 5.97 Å². The second kappa shape index (κ2) is 8.92. The van der Waals surface area contributed by atoms with Crippen LogP contribution in [0.2, 0.25) is 0 Å². The third kappa shape index (κ3) is 4.47. The van der Waals surface area contributed by atoms with Crippen LogP contribution in [0.3, 0.4) is 0 Å². The second-order valence-corrected chi connectivity index (χ2v) is 6.47. The highest BCUT2D eigenvalue weighted by Crippen LogP contribution is 2.25. The molecule has 0 aliphatic carbocycles. The molecule has 1 N–H and O–H groups in total. The third-order valence-electron chi connectivity index (χ3n) is 4.30. The molecular weight excluding hydrogens is 387 g/mol. The van der Waals surface area contributed by atoms with Crippen molar-refractivity contribution in [2.75, 3.05) is 6.61 Å². The molecule has 0 aliphatic heterocycles. The number of halogens is 1. The number of hydrogen-bond acceptors (Lipinski definition) is 6. The van der Waals surface area contributed by atoms with E-state index in [9.17, 15) is 14.0 Å². The van der Waals surface area contributed by atoms with Crippen molar-refractivity contribution in [3.63, 3.8) is 0 Å². The van der Waals surface area contributed by atoms with Crippen LogP contribution in [0, 0.1) is 28.5 Å². The van der Waals surface area contributed by atoms with Gasteiger partial charge in [0.05, 0.1) is 11.8 Å². The van der Waals surface area contributed by atoms with Gasteiger partial charge < -0.3 is 10.1 Å². The summed E-state index contributed by atoms with van der Waals surface area (Å²) in [4.78, 5) is 24.8. The van der Waals surface area contributed by atoms with Gasteiger partial charge in [-0.3, -0.25) is 4.79 Å². The number of benzene rings is 2. The van der Waals surface area contributed by atoms with E-state index in [-0.39, 0.29) is 17.0 Å². The van der Waals surface area contributed by atoms with Gasteiger partial charge in [-0.25, -0.2) is 13.9 Å². The summed E-state index contributed by atoms with van der Waals surface area (Å²) < 4.78 is 19.9. The van der Waals surface area contributed by atoms with Gasteiger partial charge in [-0.15, -0.1) is 0 Å². The van der Waals surface area contributed by atoms with Crippen molar-refractivity contribution >= 4 is 17.5 Å². The number of rotatable bonds is 7.